The van der Waals surface area contributed by atoms with Crippen LogP contribution in [0.3, 0.4) is 0 Å². The zero-order valence-electron chi connectivity index (χ0n) is 55.1. The Labute approximate surface area is 511 Å². The number of hydrogen-bond acceptors (Lipinski definition) is 4. The van der Waals surface area contributed by atoms with Crippen molar-refractivity contribution >= 4 is 98.7 Å². The van der Waals surface area contributed by atoms with Crippen molar-refractivity contribution in [3.63, 3.8) is 0 Å². The molecule has 2 aliphatic heterocycles. The Balaban J connectivity index is 1.16. The van der Waals surface area contributed by atoms with E-state index >= 15 is 0 Å². The number of fused-ring (bicyclic) bond motifs is 10. The fourth-order valence-corrected chi connectivity index (χ4v) is 18.0. The maximum atomic E-state index is 7.95. The molecular weight excluding hydrogens is 1050 g/mol. The molecule has 4 aliphatic carbocycles. The van der Waals surface area contributed by atoms with E-state index in [0.717, 1.165) is 66.8 Å². The summed E-state index contributed by atoms with van der Waals surface area (Å²) < 4.78 is 7.95. The maximum absolute atomic E-state index is 7.95. The van der Waals surface area contributed by atoms with Gasteiger partial charge in [0.05, 0.1) is 25.1 Å². The van der Waals surface area contributed by atoms with Crippen molar-refractivity contribution in [3.05, 3.63) is 172 Å². The molecule has 7 aromatic carbocycles. The van der Waals surface area contributed by atoms with Gasteiger partial charge in [-0.05, 0) is 229 Å². The topological polar surface area (TPSA) is 22.9 Å². The molecule has 0 atom stereocenters. The first-order valence-corrected chi connectivity index (χ1v) is 36.0. The summed E-state index contributed by atoms with van der Waals surface area (Å²) in [4.78, 5) is 7.98. The average molecular weight is 1140 g/mol. The Morgan fingerprint density at radius 2 is 0.800 bits per heavy atom. The first-order valence-electron chi connectivity index (χ1n) is 32.5. The van der Waals surface area contributed by atoms with E-state index in [1.54, 1.807) is 0 Å². The smallest absolute Gasteiger partial charge is 0.297 e. The molecule has 0 saturated carbocycles. The predicted molar refractivity (Wildman–Crippen MR) is 369 cm³/mol. The van der Waals surface area contributed by atoms with Crippen LogP contribution in [0, 0.1) is 0 Å². The van der Waals surface area contributed by atoms with Crippen LogP contribution in [0.2, 0.25) is 19.6 Å². The molecule has 85 heavy (non-hydrogen) atoms. The van der Waals surface area contributed by atoms with E-state index in [0.29, 0.717) is 0 Å². The summed E-state index contributed by atoms with van der Waals surface area (Å²) >= 11 is 0. The number of furan rings is 1. The van der Waals surface area contributed by atoms with Gasteiger partial charge in [-0.15, -0.1) is 0 Å². The number of benzene rings is 7. The van der Waals surface area contributed by atoms with Crippen LogP contribution >= 0.6 is 0 Å². The lowest BCUT2D eigenvalue weighted by Crippen LogP contribution is -2.61. The van der Waals surface area contributed by atoms with E-state index in [2.05, 4.69) is 273 Å². The van der Waals surface area contributed by atoms with E-state index in [1.807, 2.05) is 0 Å². The van der Waals surface area contributed by atoms with Gasteiger partial charge in [-0.2, -0.15) is 0 Å². The van der Waals surface area contributed by atoms with Gasteiger partial charge in [0.1, 0.15) is 5.58 Å². The Morgan fingerprint density at radius 3 is 1.29 bits per heavy atom. The summed E-state index contributed by atoms with van der Waals surface area (Å²) in [6.45, 7) is 46.9. The van der Waals surface area contributed by atoms with Gasteiger partial charge >= 0.3 is 0 Å². The first-order chi connectivity index (χ1) is 39.7. The van der Waals surface area contributed by atoms with Crippen molar-refractivity contribution in [3.8, 4) is 0 Å². The van der Waals surface area contributed by atoms with Crippen molar-refractivity contribution in [2.75, 3.05) is 14.7 Å². The average Bonchev–Trinajstić information content (AvgIpc) is 1.69. The normalized spacial score (nSPS) is 21.0. The Morgan fingerprint density at radius 1 is 0.388 bits per heavy atom. The zero-order valence-corrected chi connectivity index (χ0v) is 56.1. The monoisotopic (exact) mass is 1140 g/mol. The number of nitrogens with zero attached hydrogens (tertiary/aromatic N) is 3. The fraction of sp³-hybridized carbons (Fsp3) is 0.443. The summed E-state index contributed by atoms with van der Waals surface area (Å²) in [6, 6.07) is 51.6. The van der Waals surface area contributed by atoms with Crippen molar-refractivity contribution in [2.45, 2.75) is 225 Å². The summed E-state index contributed by atoms with van der Waals surface area (Å²) in [7, 11) is -1.62. The minimum Gasteiger partial charge on any atom is -0.468 e. The molecule has 0 saturated heterocycles. The van der Waals surface area contributed by atoms with Gasteiger partial charge in [-0.25, -0.2) is 0 Å². The zero-order chi connectivity index (χ0) is 60.3. The van der Waals surface area contributed by atoms with Crippen LogP contribution in [0.1, 0.15) is 207 Å². The van der Waals surface area contributed by atoms with Gasteiger partial charge in [0.25, 0.3) is 6.71 Å². The number of hydrogen-bond donors (Lipinski definition) is 0. The van der Waals surface area contributed by atoms with Crippen LogP contribution in [-0.2, 0) is 43.3 Å². The molecular formula is C79H94BN3OSi. The standard InChI is InChI=1S/C79H94BN3OSi/c1-72(2)33-35-74(5,6)58-41-51(27-31-56(58)72)82-65-47-62-61(77(11,12)38-39-78(62,13)14)46-64(65)80-69-66(82)43-53(81(49-23-21-20-22-24-49)50-25-29-54(30-26-50)85(17,18)19)44-67(69)83(52-28-32-57-59(42-52)75(7,8)36-34-73(57,3)4)70-55-45-60-63(48-68(55)84-71(70)80)79(15,16)40-37-76(60,9)10/h20-32,41-48H,33-40H2,1-19H3. The lowest BCUT2D eigenvalue weighted by Gasteiger charge is -2.47. The SMILES string of the molecule is CC1(C)CCC(C)(C)c2cc(N3c4cc5c(cc4B4c6oc7cc8c(cc7c6N(c6ccc7c(c6)C(C)(C)CCC7(C)C)c6cc(N(c7ccccc7)c7ccc([Si](C)(C)C)cc7)cc3c64)C(C)(C)CCC8(C)C)C(C)(C)CCC5(C)C)ccc21. The van der Waals surface area contributed by atoms with Crippen molar-refractivity contribution in [1.82, 2.24) is 0 Å². The second kappa shape index (κ2) is 18.2. The third-order valence-corrected chi connectivity index (χ3v) is 25.1. The molecule has 1 aromatic heterocycles. The molecule has 4 nitrogen and oxygen atoms in total. The Bertz CT molecular complexity index is 4080. The lowest BCUT2D eigenvalue weighted by atomic mass is 9.35. The van der Waals surface area contributed by atoms with Crippen molar-refractivity contribution in [1.29, 1.82) is 0 Å². The summed E-state index contributed by atoms with van der Waals surface area (Å²) in [6.07, 6.45) is 9.19. The van der Waals surface area contributed by atoms with Crippen molar-refractivity contribution in [2.24, 2.45) is 0 Å². The van der Waals surface area contributed by atoms with Gasteiger partial charge in [0.2, 0.25) is 0 Å². The highest BCUT2D eigenvalue weighted by atomic mass is 28.3. The molecule has 0 amide bonds. The van der Waals surface area contributed by atoms with Gasteiger partial charge in [0.15, 0.2) is 0 Å². The van der Waals surface area contributed by atoms with Crippen LogP contribution in [0.5, 0.6) is 0 Å². The minimum atomic E-state index is -1.62. The highest BCUT2D eigenvalue weighted by molar-refractivity contribution is 7.00. The number of para-hydroxylation sites is 1. The van der Waals surface area contributed by atoms with E-state index in [9.17, 15) is 0 Å². The van der Waals surface area contributed by atoms with E-state index < -0.39 is 8.07 Å². The van der Waals surface area contributed by atoms with Crippen molar-refractivity contribution < 1.29 is 4.42 Å². The maximum Gasteiger partial charge on any atom is 0.297 e. The molecule has 0 fully saturated rings. The van der Waals surface area contributed by atoms with Crippen LogP contribution < -0.4 is 36.5 Å². The molecule has 0 bridgehead atoms. The highest BCUT2D eigenvalue weighted by Gasteiger charge is 2.51. The molecule has 0 radical (unpaired) electrons. The molecule has 6 aliphatic rings. The largest absolute Gasteiger partial charge is 0.468 e. The Hall–Kier alpha value is -6.24. The second-order valence-corrected chi connectivity index (χ2v) is 38.7. The third-order valence-electron chi connectivity index (χ3n) is 23.0. The molecule has 0 unspecified atom stereocenters. The molecule has 6 heteroatoms. The van der Waals surface area contributed by atoms with E-state index in [-0.39, 0.29) is 50.0 Å². The molecule has 438 valence electrons. The van der Waals surface area contributed by atoms with Gasteiger partial charge in [-0.1, -0.05) is 184 Å². The minimum absolute atomic E-state index is 0.00236. The van der Waals surface area contributed by atoms with Crippen LogP contribution in [-0.4, -0.2) is 14.8 Å². The molecule has 0 N–H and O–H groups in total. The highest BCUT2D eigenvalue weighted by Crippen LogP contribution is 2.57. The number of anilines is 9. The van der Waals surface area contributed by atoms with Crippen LogP contribution in [0.25, 0.3) is 11.0 Å². The van der Waals surface area contributed by atoms with Crippen LogP contribution in [0.15, 0.2) is 132 Å². The summed E-state index contributed by atoms with van der Waals surface area (Å²) in [5.41, 5.74) is 27.2. The molecule has 14 rings (SSSR count). The van der Waals surface area contributed by atoms with E-state index in [1.165, 1.54) is 113 Å². The van der Waals surface area contributed by atoms with Crippen LogP contribution in [0.4, 0.5) is 51.2 Å². The molecule has 3 heterocycles. The van der Waals surface area contributed by atoms with Gasteiger partial charge in [0, 0.05) is 45.2 Å². The summed E-state index contributed by atoms with van der Waals surface area (Å²) in [5, 5.41) is 2.67. The summed E-state index contributed by atoms with van der Waals surface area (Å²) in [5.74, 6) is 0. The van der Waals surface area contributed by atoms with E-state index in [4.69, 9.17) is 4.42 Å². The quantitative estimate of drug-likeness (QED) is 0.155. The third kappa shape index (κ3) is 8.60. The molecule has 0 spiro atoms. The predicted octanol–water partition coefficient (Wildman–Crippen LogP) is 19.9. The lowest BCUT2D eigenvalue weighted by molar-refractivity contribution is 0.332. The van der Waals surface area contributed by atoms with Gasteiger partial charge in [-0.3, -0.25) is 0 Å². The second-order valence-electron chi connectivity index (χ2n) is 33.7. The number of rotatable bonds is 6. The Kier molecular flexibility index (Phi) is 12.1. The van der Waals surface area contributed by atoms with Gasteiger partial charge < -0.3 is 19.1 Å². The first kappa shape index (κ1) is 56.6. The fourth-order valence-electron chi connectivity index (χ4n) is 16.8. The molecule has 8 aromatic rings.